The predicted octanol–water partition coefficient (Wildman–Crippen LogP) is 2.40. The molecule has 0 aliphatic carbocycles. The van der Waals surface area contributed by atoms with E-state index in [0.717, 1.165) is 42.7 Å². The number of aromatic nitrogens is 1. The molecule has 1 fully saturated rings. The van der Waals surface area contributed by atoms with Crippen LogP contribution in [-0.2, 0) is 6.54 Å². The molecule has 0 amide bonds. The molecule has 94 valence electrons. The third-order valence-corrected chi connectivity index (χ3v) is 4.07. The van der Waals surface area contributed by atoms with Crippen LogP contribution in [0.15, 0.2) is 12.1 Å². The molecule has 1 aliphatic rings. The Hall–Kier alpha value is -0.450. The highest BCUT2D eigenvalue weighted by Gasteiger charge is 2.13. The van der Waals surface area contributed by atoms with Crippen molar-refractivity contribution in [2.24, 2.45) is 0 Å². The lowest BCUT2D eigenvalue weighted by atomic mass is 10.3. The van der Waals surface area contributed by atoms with E-state index in [4.69, 9.17) is 11.6 Å². The lowest BCUT2D eigenvalue weighted by molar-refractivity contribution is 0.707. The van der Waals surface area contributed by atoms with E-state index >= 15 is 0 Å². The Balaban J connectivity index is 2.11. The molecule has 2 rings (SSSR count). The number of hydrogen-bond donors (Lipinski definition) is 1. The second-order valence-electron chi connectivity index (χ2n) is 3.98. The van der Waals surface area contributed by atoms with Gasteiger partial charge in [0.1, 0.15) is 5.82 Å². The lowest BCUT2D eigenvalue weighted by Crippen LogP contribution is -2.33. The summed E-state index contributed by atoms with van der Waals surface area (Å²) in [6, 6.07) is 3.98. The molecule has 1 saturated heterocycles. The van der Waals surface area contributed by atoms with Gasteiger partial charge in [0, 0.05) is 31.1 Å². The van der Waals surface area contributed by atoms with Crippen LogP contribution in [0.25, 0.3) is 0 Å². The molecule has 0 saturated carbocycles. The minimum absolute atomic E-state index is 0.742. The maximum Gasteiger partial charge on any atom is 0.129 e. The van der Waals surface area contributed by atoms with Crippen LogP contribution < -0.4 is 10.2 Å². The van der Waals surface area contributed by atoms with Crippen molar-refractivity contribution in [3.05, 3.63) is 22.8 Å². The first-order valence-electron chi connectivity index (χ1n) is 6.00. The van der Waals surface area contributed by atoms with Crippen molar-refractivity contribution in [3.8, 4) is 0 Å². The number of halogens is 1. The van der Waals surface area contributed by atoms with E-state index in [1.54, 1.807) is 0 Å². The summed E-state index contributed by atoms with van der Waals surface area (Å²) < 4.78 is 0. The molecule has 0 unspecified atom stereocenters. The average Bonchev–Trinajstić information content (AvgIpc) is 2.39. The Morgan fingerprint density at radius 2 is 2.18 bits per heavy atom. The highest BCUT2D eigenvalue weighted by Crippen LogP contribution is 2.21. The SMILES string of the molecule is CCNCc1nc(N2CCSCC2)ccc1Cl. The van der Waals surface area contributed by atoms with Crippen LogP contribution in [-0.4, -0.2) is 36.1 Å². The summed E-state index contributed by atoms with van der Waals surface area (Å²) in [5.74, 6) is 3.43. The van der Waals surface area contributed by atoms with Crippen LogP contribution in [0.3, 0.4) is 0 Å². The third-order valence-electron chi connectivity index (χ3n) is 2.78. The summed E-state index contributed by atoms with van der Waals surface area (Å²) in [7, 11) is 0. The molecule has 0 aromatic carbocycles. The fraction of sp³-hybridized carbons (Fsp3) is 0.583. The number of pyridine rings is 1. The Morgan fingerprint density at radius 3 is 2.88 bits per heavy atom. The first kappa shape index (κ1) is 13.0. The smallest absolute Gasteiger partial charge is 0.129 e. The summed E-state index contributed by atoms with van der Waals surface area (Å²) in [6.07, 6.45) is 0. The van der Waals surface area contributed by atoms with Gasteiger partial charge in [-0.2, -0.15) is 11.8 Å². The van der Waals surface area contributed by atoms with Gasteiger partial charge in [-0.3, -0.25) is 0 Å². The number of anilines is 1. The van der Waals surface area contributed by atoms with Gasteiger partial charge in [-0.15, -0.1) is 0 Å². The largest absolute Gasteiger partial charge is 0.355 e. The predicted molar refractivity (Wildman–Crippen MR) is 76.2 cm³/mol. The molecule has 1 aromatic rings. The Morgan fingerprint density at radius 1 is 1.41 bits per heavy atom. The van der Waals surface area contributed by atoms with E-state index in [9.17, 15) is 0 Å². The first-order chi connectivity index (χ1) is 8.31. The molecular formula is C12H18ClN3S. The van der Waals surface area contributed by atoms with Crippen molar-refractivity contribution in [1.29, 1.82) is 0 Å². The van der Waals surface area contributed by atoms with Crippen LogP contribution in [0, 0.1) is 0 Å². The van der Waals surface area contributed by atoms with Crippen LogP contribution in [0.1, 0.15) is 12.6 Å². The molecule has 0 atom stereocenters. The van der Waals surface area contributed by atoms with E-state index in [1.807, 2.05) is 23.9 Å². The van der Waals surface area contributed by atoms with Crippen molar-refractivity contribution in [1.82, 2.24) is 10.3 Å². The van der Waals surface area contributed by atoms with Gasteiger partial charge in [0.25, 0.3) is 0 Å². The van der Waals surface area contributed by atoms with Crippen LogP contribution in [0.2, 0.25) is 5.02 Å². The number of nitrogens with one attached hydrogen (secondary N) is 1. The van der Waals surface area contributed by atoms with E-state index in [-0.39, 0.29) is 0 Å². The molecule has 2 heterocycles. The molecule has 5 heteroatoms. The molecule has 0 bridgehead atoms. The molecule has 0 spiro atoms. The standard InChI is InChI=1S/C12H18ClN3S/c1-2-14-9-11-10(13)3-4-12(15-11)16-5-7-17-8-6-16/h3-4,14H,2,5-9H2,1H3. The highest BCUT2D eigenvalue weighted by atomic mass is 35.5. The van der Waals surface area contributed by atoms with Gasteiger partial charge < -0.3 is 10.2 Å². The Kier molecular flexibility index (Phi) is 4.95. The van der Waals surface area contributed by atoms with Gasteiger partial charge in [0.05, 0.1) is 10.7 Å². The van der Waals surface area contributed by atoms with Gasteiger partial charge in [0.2, 0.25) is 0 Å². The van der Waals surface area contributed by atoms with Crippen molar-refractivity contribution < 1.29 is 0 Å². The van der Waals surface area contributed by atoms with Gasteiger partial charge in [0.15, 0.2) is 0 Å². The van der Waals surface area contributed by atoms with Crippen molar-refractivity contribution in [3.63, 3.8) is 0 Å². The Bertz CT molecular complexity index is 367. The van der Waals surface area contributed by atoms with Gasteiger partial charge in [-0.25, -0.2) is 4.98 Å². The maximum atomic E-state index is 6.15. The topological polar surface area (TPSA) is 28.2 Å². The third kappa shape index (κ3) is 3.50. The summed E-state index contributed by atoms with van der Waals surface area (Å²) in [6.45, 7) is 5.92. The molecular weight excluding hydrogens is 254 g/mol. The molecule has 1 aromatic heterocycles. The normalized spacial score (nSPS) is 16.2. The average molecular weight is 272 g/mol. The van der Waals surface area contributed by atoms with Crippen molar-refractivity contribution in [2.45, 2.75) is 13.5 Å². The van der Waals surface area contributed by atoms with E-state index in [0.29, 0.717) is 0 Å². The Labute approximate surface area is 112 Å². The monoisotopic (exact) mass is 271 g/mol. The summed E-state index contributed by atoms with van der Waals surface area (Å²) >= 11 is 8.15. The second kappa shape index (κ2) is 6.47. The van der Waals surface area contributed by atoms with E-state index in [2.05, 4.69) is 22.1 Å². The van der Waals surface area contributed by atoms with Gasteiger partial charge in [-0.1, -0.05) is 18.5 Å². The summed E-state index contributed by atoms with van der Waals surface area (Å²) in [4.78, 5) is 6.99. The molecule has 1 N–H and O–H groups in total. The number of rotatable bonds is 4. The van der Waals surface area contributed by atoms with E-state index in [1.165, 1.54) is 11.5 Å². The van der Waals surface area contributed by atoms with Crippen LogP contribution >= 0.6 is 23.4 Å². The molecule has 17 heavy (non-hydrogen) atoms. The fourth-order valence-corrected chi connectivity index (χ4v) is 2.88. The zero-order chi connectivity index (χ0) is 12.1. The summed E-state index contributed by atoms with van der Waals surface area (Å²) in [5.41, 5.74) is 0.948. The lowest BCUT2D eigenvalue weighted by Gasteiger charge is -2.27. The zero-order valence-electron chi connectivity index (χ0n) is 10.1. The van der Waals surface area contributed by atoms with Crippen LogP contribution in [0.4, 0.5) is 5.82 Å². The molecule has 1 aliphatic heterocycles. The summed E-state index contributed by atoms with van der Waals surface area (Å²) in [5, 5.41) is 4.02. The van der Waals surface area contributed by atoms with Crippen LogP contribution in [0.5, 0.6) is 0 Å². The minimum Gasteiger partial charge on any atom is -0.355 e. The second-order valence-corrected chi connectivity index (χ2v) is 5.61. The molecule has 0 radical (unpaired) electrons. The quantitative estimate of drug-likeness (QED) is 0.910. The number of nitrogens with zero attached hydrogens (tertiary/aromatic N) is 2. The zero-order valence-corrected chi connectivity index (χ0v) is 11.7. The molecule has 3 nitrogen and oxygen atoms in total. The van der Waals surface area contributed by atoms with Gasteiger partial charge >= 0.3 is 0 Å². The van der Waals surface area contributed by atoms with Crippen molar-refractivity contribution in [2.75, 3.05) is 36.0 Å². The number of hydrogen-bond acceptors (Lipinski definition) is 4. The number of thioether (sulfide) groups is 1. The maximum absolute atomic E-state index is 6.15. The fourth-order valence-electron chi connectivity index (χ4n) is 1.81. The first-order valence-corrected chi connectivity index (χ1v) is 7.53. The minimum atomic E-state index is 0.742. The van der Waals surface area contributed by atoms with Gasteiger partial charge in [-0.05, 0) is 18.7 Å². The van der Waals surface area contributed by atoms with Crippen molar-refractivity contribution >= 4 is 29.2 Å². The highest BCUT2D eigenvalue weighted by molar-refractivity contribution is 7.99. The van der Waals surface area contributed by atoms with E-state index < -0.39 is 0 Å².